The maximum atomic E-state index is 10.7. The molecule has 0 amide bonds. The Hall–Kier alpha value is -0.540. The van der Waals surface area contributed by atoms with Gasteiger partial charge in [-0.15, -0.1) is 0 Å². The van der Waals surface area contributed by atoms with E-state index < -0.39 is 5.60 Å². The largest absolute Gasteiger partial charge is 0.496 e. The standard InChI is InChI=1S/C13H17BrO2/c1-16-12-6-5-10(14)9-11(12)13(15)7-3-2-4-8-13/h5-6,9,15H,2-4,7-8H2,1H3. The molecular formula is C13H17BrO2. The molecule has 1 aliphatic rings. The van der Waals surface area contributed by atoms with Gasteiger partial charge < -0.3 is 9.84 Å². The van der Waals surface area contributed by atoms with E-state index in [4.69, 9.17) is 4.74 Å². The Labute approximate surface area is 105 Å². The van der Waals surface area contributed by atoms with Crippen LogP contribution < -0.4 is 4.74 Å². The summed E-state index contributed by atoms with van der Waals surface area (Å²) < 4.78 is 6.33. The summed E-state index contributed by atoms with van der Waals surface area (Å²) in [5.41, 5.74) is 0.219. The molecule has 0 aliphatic heterocycles. The van der Waals surface area contributed by atoms with Gasteiger partial charge in [0.25, 0.3) is 0 Å². The van der Waals surface area contributed by atoms with Crippen LogP contribution in [0.2, 0.25) is 0 Å². The third-order valence-corrected chi connectivity index (χ3v) is 3.84. The fourth-order valence-electron chi connectivity index (χ4n) is 2.45. The molecule has 0 bridgehead atoms. The molecule has 0 radical (unpaired) electrons. The third kappa shape index (κ3) is 2.25. The summed E-state index contributed by atoms with van der Waals surface area (Å²) in [6.45, 7) is 0. The Balaban J connectivity index is 2.40. The van der Waals surface area contributed by atoms with Crippen molar-refractivity contribution in [3.63, 3.8) is 0 Å². The first-order valence-electron chi connectivity index (χ1n) is 5.72. The molecule has 0 heterocycles. The van der Waals surface area contributed by atoms with Crippen molar-refractivity contribution in [1.29, 1.82) is 0 Å². The zero-order valence-corrected chi connectivity index (χ0v) is 11.1. The number of hydrogen-bond acceptors (Lipinski definition) is 2. The molecule has 0 saturated heterocycles. The summed E-state index contributed by atoms with van der Waals surface area (Å²) in [7, 11) is 1.65. The van der Waals surface area contributed by atoms with Gasteiger partial charge in [-0.3, -0.25) is 0 Å². The van der Waals surface area contributed by atoms with Crippen LogP contribution in [0.3, 0.4) is 0 Å². The minimum Gasteiger partial charge on any atom is -0.496 e. The maximum absolute atomic E-state index is 10.7. The van der Waals surface area contributed by atoms with Crippen LogP contribution in [0.5, 0.6) is 5.75 Å². The van der Waals surface area contributed by atoms with E-state index >= 15 is 0 Å². The zero-order chi connectivity index (χ0) is 11.6. The summed E-state index contributed by atoms with van der Waals surface area (Å²) in [6.07, 6.45) is 5.07. The molecule has 0 spiro atoms. The summed E-state index contributed by atoms with van der Waals surface area (Å²) in [5, 5.41) is 10.7. The lowest BCUT2D eigenvalue weighted by Crippen LogP contribution is -2.28. The van der Waals surface area contributed by atoms with Crippen molar-refractivity contribution in [1.82, 2.24) is 0 Å². The monoisotopic (exact) mass is 284 g/mol. The Bertz CT molecular complexity index is 370. The molecule has 1 aliphatic carbocycles. The van der Waals surface area contributed by atoms with E-state index in [0.29, 0.717) is 0 Å². The van der Waals surface area contributed by atoms with E-state index in [0.717, 1.165) is 41.5 Å². The van der Waals surface area contributed by atoms with E-state index in [9.17, 15) is 5.11 Å². The second-order valence-corrected chi connectivity index (χ2v) is 5.35. The molecule has 0 aromatic heterocycles. The highest BCUT2D eigenvalue weighted by molar-refractivity contribution is 9.10. The van der Waals surface area contributed by atoms with Gasteiger partial charge in [0.05, 0.1) is 12.7 Å². The summed E-state index contributed by atoms with van der Waals surface area (Å²) in [6, 6.07) is 5.82. The summed E-state index contributed by atoms with van der Waals surface area (Å²) in [5.74, 6) is 0.785. The highest BCUT2D eigenvalue weighted by Crippen LogP contribution is 2.41. The number of aliphatic hydroxyl groups is 1. The van der Waals surface area contributed by atoms with E-state index in [-0.39, 0.29) is 0 Å². The van der Waals surface area contributed by atoms with Crippen molar-refractivity contribution >= 4 is 15.9 Å². The van der Waals surface area contributed by atoms with Gasteiger partial charge in [0.2, 0.25) is 0 Å². The summed E-state index contributed by atoms with van der Waals surface area (Å²) >= 11 is 3.45. The third-order valence-electron chi connectivity index (χ3n) is 3.34. The molecule has 1 fully saturated rings. The number of ether oxygens (including phenoxy) is 1. The first kappa shape index (κ1) is 11.9. The molecule has 2 nitrogen and oxygen atoms in total. The fourth-order valence-corrected chi connectivity index (χ4v) is 2.81. The van der Waals surface area contributed by atoms with E-state index in [2.05, 4.69) is 15.9 Å². The predicted molar refractivity (Wildman–Crippen MR) is 67.7 cm³/mol. The molecule has 1 saturated carbocycles. The van der Waals surface area contributed by atoms with Crippen LogP contribution in [-0.4, -0.2) is 12.2 Å². The van der Waals surface area contributed by atoms with Crippen molar-refractivity contribution in [2.75, 3.05) is 7.11 Å². The van der Waals surface area contributed by atoms with Gasteiger partial charge in [-0.1, -0.05) is 35.2 Å². The molecule has 0 unspecified atom stereocenters. The molecule has 0 atom stereocenters. The second-order valence-electron chi connectivity index (χ2n) is 4.44. The highest BCUT2D eigenvalue weighted by atomic mass is 79.9. The van der Waals surface area contributed by atoms with Crippen LogP contribution >= 0.6 is 15.9 Å². The smallest absolute Gasteiger partial charge is 0.125 e. The number of hydrogen-bond donors (Lipinski definition) is 1. The second kappa shape index (κ2) is 4.76. The molecule has 88 valence electrons. The van der Waals surface area contributed by atoms with Crippen LogP contribution in [0.4, 0.5) is 0 Å². The van der Waals surface area contributed by atoms with Gasteiger partial charge in [-0.25, -0.2) is 0 Å². The van der Waals surface area contributed by atoms with Gasteiger partial charge in [-0.2, -0.15) is 0 Å². The number of halogens is 1. The highest BCUT2D eigenvalue weighted by Gasteiger charge is 2.33. The quantitative estimate of drug-likeness (QED) is 0.899. The van der Waals surface area contributed by atoms with Gasteiger partial charge >= 0.3 is 0 Å². The minimum atomic E-state index is -0.701. The Kier molecular flexibility index (Phi) is 3.55. The fraction of sp³-hybridized carbons (Fsp3) is 0.538. The van der Waals surface area contributed by atoms with Crippen molar-refractivity contribution in [2.45, 2.75) is 37.7 Å². The number of benzene rings is 1. The summed E-state index contributed by atoms with van der Waals surface area (Å²) in [4.78, 5) is 0. The van der Waals surface area contributed by atoms with Crippen molar-refractivity contribution in [3.05, 3.63) is 28.2 Å². The lowest BCUT2D eigenvalue weighted by molar-refractivity contribution is -0.00262. The molecular weight excluding hydrogens is 268 g/mol. The van der Waals surface area contributed by atoms with Crippen molar-refractivity contribution in [3.8, 4) is 5.75 Å². The average Bonchev–Trinajstić information content (AvgIpc) is 2.30. The zero-order valence-electron chi connectivity index (χ0n) is 9.50. The first-order chi connectivity index (χ1) is 7.65. The van der Waals surface area contributed by atoms with Gasteiger partial charge in [0.15, 0.2) is 0 Å². The molecule has 16 heavy (non-hydrogen) atoms. The van der Waals surface area contributed by atoms with Crippen molar-refractivity contribution < 1.29 is 9.84 Å². The van der Waals surface area contributed by atoms with Crippen molar-refractivity contribution in [2.24, 2.45) is 0 Å². The molecule has 1 aromatic carbocycles. The lowest BCUT2D eigenvalue weighted by atomic mass is 9.79. The molecule has 1 aromatic rings. The van der Waals surface area contributed by atoms with Crippen LogP contribution in [-0.2, 0) is 5.60 Å². The van der Waals surface area contributed by atoms with Gasteiger partial charge in [-0.05, 0) is 31.0 Å². The maximum Gasteiger partial charge on any atom is 0.125 e. The average molecular weight is 285 g/mol. The Morgan fingerprint density at radius 2 is 1.94 bits per heavy atom. The van der Waals surface area contributed by atoms with E-state index in [1.165, 1.54) is 6.42 Å². The van der Waals surface area contributed by atoms with E-state index in [1.807, 2.05) is 18.2 Å². The van der Waals surface area contributed by atoms with Crippen LogP contribution in [0, 0.1) is 0 Å². The molecule has 1 N–H and O–H groups in total. The number of rotatable bonds is 2. The van der Waals surface area contributed by atoms with E-state index in [1.54, 1.807) is 7.11 Å². The SMILES string of the molecule is COc1ccc(Br)cc1C1(O)CCCCC1. The Morgan fingerprint density at radius 1 is 1.25 bits per heavy atom. The van der Waals surface area contributed by atoms with Gasteiger partial charge in [0.1, 0.15) is 5.75 Å². The molecule has 3 heteroatoms. The van der Waals surface area contributed by atoms with Crippen LogP contribution in [0.25, 0.3) is 0 Å². The normalized spacial score (nSPS) is 19.4. The number of methoxy groups -OCH3 is 1. The Morgan fingerprint density at radius 3 is 2.56 bits per heavy atom. The van der Waals surface area contributed by atoms with Gasteiger partial charge in [0, 0.05) is 10.0 Å². The van der Waals surface area contributed by atoms with Crippen LogP contribution in [0.15, 0.2) is 22.7 Å². The lowest BCUT2D eigenvalue weighted by Gasteiger charge is -2.33. The molecule has 2 rings (SSSR count). The predicted octanol–water partition coefficient (Wildman–Crippen LogP) is 3.61. The first-order valence-corrected chi connectivity index (χ1v) is 6.51. The minimum absolute atomic E-state index is 0.701. The van der Waals surface area contributed by atoms with Crippen LogP contribution in [0.1, 0.15) is 37.7 Å². The topological polar surface area (TPSA) is 29.5 Å².